The molecule has 12 atom stereocenters. The molecule has 5 aliphatic carbocycles. The predicted molar refractivity (Wildman–Crippen MR) is 106 cm³/mol. The minimum absolute atomic E-state index is 0.0174. The molecule has 2 spiro atoms. The lowest BCUT2D eigenvalue weighted by Gasteiger charge is -2.79. The summed E-state index contributed by atoms with van der Waals surface area (Å²) in [6, 6.07) is 0. The molecule has 2 N–H and O–H groups in total. The lowest BCUT2D eigenvalue weighted by molar-refractivity contribution is -1.01. The van der Waals surface area contributed by atoms with Crippen molar-refractivity contribution < 1.29 is 29.0 Å². The molecular formula is C24H36NO5+. The van der Waals surface area contributed by atoms with Gasteiger partial charge in [-0.1, -0.05) is 13.3 Å². The van der Waals surface area contributed by atoms with Crippen molar-refractivity contribution in [3.63, 3.8) is 0 Å². The van der Waals surface area contributed by atoms with E-state index >= 15 is 0 Å². The Labute approximate surface area is 178 Å². The van der Waals surface area contributed by atoms with E-state index in [1.54, 1.807) is 6.92 Å². The van der Waals surface area contributed by atoms with E-state index in [1.165, 1.54) is 17.7 Å². The molecule has 30 heavy (non-hydrogen) atoms. The zero-order chi connectivity index (χ0) is 20.7. The normalized spacial score (nSPS) is 64.5. The van der Waals surface area contributed by atoms with E-state index in [4.69, 9.17) is 14.2 Å². The van der Waals surface area contributed by atoms with Gasteiger partial charge in [-0.2, -0.15) is 0 Å². The van der Waals surface area contributed by atoms with Crippen LogP contribution in [0.25, 0.3) is 0 Å². The van der Waals surface area contributed by atoms with Gasteiger partial charge in [0, 0.05) is 18.3 Å². The number of carbonyl (C=O) groups is 1. The van der Waals surface area contributed by atoms with Gasteiger partial charge in [0.15, 0.2) is 6.23 Å². The quantitative estimate of drug-likeness (QED) is 0.628. The number of carbonyl (C=O) groups excluding carboxylic acids is 1. The predicted octanol–water partition coefficient (Wildman–Crippen LogP) is 1.26. The number of piperidine rings is 1. The molecular weight excluding hydrogens is 382 g/mol. The van der Waals surface area contributed by atoms with Crippen LogP contribution in [0.3, 0.4) is 0 Å². The summed E-state index contributed by atoms with van der Waals surface area (Å²) < 4.78 is 19.7. The van der Waals surface area contributed by atoms with Gasteiger partial charge in [-0.25, -0.2) is 0 Å². The first-order valence-corrected chi connectivity index (χ1v) is 12.3. The summed E-state index contributed by atoms with van der Waals surface area (Å²) in [6.07, 6.45) is 7.59. The number of hydrogen-bond acceptors (Lipinski definition) is 5. The lowest BCUT2D eigenvalue weighted by Crippen LogP contribution is -3.24. The van der Waals surface area contributed by atoms with Crippen LogP contribution in [-0.4, -0.2) is 54.5 Å². The third-order valence-corrected chi connectivity index (χ3v) is 11.2. The third-order valence-electron chi connectivity index (χ3n) is 11.2. The number of aliphatic hydroxyl groups is 1. The van der Waals surface area contributed by atoms with Crippen LogP contribution < -0.4 is 4.90 Å². The summed E-state index contributed by atoms with van der Waals surface area (Å²) in [5, 5.41) is 11.3. The highest BCUT2D eigenvalue weighted by molar-refractivity contribution is 5.66. The van der Waals surface area contributed by atoms with E-state index in [1.807, 2.05) is 6.92 Å². The molecule has 4 saturated heterocycles. The fourth-order valence-corrected chi connectivity index (χ4v) is 10.7. The Balaban J connectivity index is 1.46. The van der Waals surface area contributed by atoms with Gasteiger partial charge in [0.1, 0.15) is 25.4 Å². The van der Waals surface area contributed by atoms with Crippen LogP contribution in [0.4, 0.5) is 0 Å². The molecule has 0 aromatic carbocycles. The number of esters is 1. The Kier molecular flexibility index (Phi) is 3.42. The molecule has 0 aromatic rings. The molecule has 9 fully saturated rings. The number of ether oxygens (including phenoxy) is 3. The maximum absolute atomic E-state index is 12.3. The molecule has 9 aliphatic rings. The topological polar surface area (TPSA) is 69.4 Å². The molecule has 0 radical (unpaired) electrons. The van der Waals surface area contributed by atoms with Crippen LogP contribution in [0.2, 0.25) is 0 Å². The van der Waals surface area contributed by atoms with Crippen molar-refractivity contribution in [2.24, 2.45) is 34.0 Å². The molecule has 1 unspecified atom stereocenters. The van der Waals surface area contributed by atoms with Gasteiger partial charge in [0.05, 0.1) is 16.4 Å². The standard InChI is InChI=1S/C24H35NO5/c1-13(26)29-16-17-21(2)6-4-7-24(17)15-11-14-5-8-23(15,12-22(14,3)27)18(16)30-20(24)25-9-10-28-19(21)25/h14-20,27H,4-12H2,1-3H3/p+1/t14-,15-,16+,17-,18-,19-,20-,21-,22-,23+,24-/m0/s1. The molecule has 5 saturated carbocycles. The SMILES string of the molecule is CC(=O)O[C@H]1[C@@H]2O[C@@H]3[NH+]4CCO[C@H]4[C@@]4(C)CCC[C@@]3([C@@H]14)[C@H]1C[C@@H]3CC[C@]21C[C@]3(C)O. The number of quaternary nitrogens is 1. The van der Waals surface area contributed by atoms with Gasteiger partial charge >= 0.3 is 5.97 Å². The van der Waals surface area contributed by atoms with Crippen molar-refractivity contribution in [3.05, 3.63) is 0 Å². The van der Waals surface area contributed by atoms with Crippen molar-refractivity contribution in [2.45, 2.75) is 96.0 Å². The molecule has 7 bridgehead atoms. The highest BCUT2D eigenvalue weighted by Crippen LogP contribution is 2.78. The minimum Gasteiger partial charge on any atom is -0.459 e. The minimum atomic E-state index is -0.633. The van der Waals surface area contributed by atoms with Crippen LogP contribution in [0, 0.1) is 34.0 Å². The van der Waals surface area contributed by atoms with Crippen molar-refractivity contribution >= 4 is 5.97 Å². The van der Waals surface area contributed by atoms with E-state index in [-0.39, 0.29) is 46.9 Å². The summed E-state index contributed by atoms with van der Waals surface area (Å²) in [7, 11) is 0. The largest absolute Gasteiger partial charge is 0.459 e. The van der Waals surface area contributed by atoms with E-state index in [0.717, 1.165) is 45.3 Å². The van der Waals surface area contributed by atoms with E-state index < -0.39 is 5.60 Å². The van der Waals surface area contributed by atoms with Gasteiger partial charge in [-0.15, -0.1) is 0 Å². The molecule has 0 amide bonds. The summed E-state index contributed by atoms with van der Waals surface area (Å²) in [4.78, 5) is 13.8. The summed E-state index contributed by atoms with van der Waals surface area (Å²) in [5.41, 5.74) is -0.636. The van der Waals surface area contributed by atoms with Gasteiger partial charge in [0.25, 0.3) is 0 Å². The maximum Gasteiger partial charge on any atom is 0.303 e. The van der Waals surface area contributed by atoms with Crippen LogP contribution in [-0.2, 0) is 19.0 Å². The zero-order valence-corrected chi connectivity index (χ0v) is 18.5. The van der Waals surface area contributed by atoms with Crippen molar-refractivity contribution in [1.82, 2.24) is 0 Å². The Hall–Kier alpha value is -0.690. The second-order valence-corrected chi connectivity index (χ2v) is 12.3. The second kappa shape index (κ2) is 5.44. The van der Waals surface area contributed by atoms with Crippen LogP contribution >= 0.6 is 0 Å². The number of rotatable bonds is 1. The van der Waals surface area contributed by atoms with Gasteiger partial charge < -0.3 is 19.3 Å². The van der Waals surface area contributed by atoms with Crippen molar-refractivity contribution in [3.8, 4) is 0 Å². The Morgan fingerprint density at radius 3 is 2.80 bits per heavy atom. The average molecular weight is 419 g/mol. The smallest absolute Gasteiger partial charge is 0.303 e. The molecule has 6 heteroatoms. The molecule has 4 aliphatic heterocycles. The Morgan fingerprint density at radius 2 is 2.03 bits per heavy atom. The van der Waals surface area contributed by atoms with Crippen molar-refractivity contribution in [2.75, 3.05) is 13.2 Å². The molecule has 166 valence electrons. The first-order valence-electron chi connectivity index (χ1n) is 12.3. The number of nitrogens with one attached hydrogen (secondary N) is 1. The maximum atomic E-state index is 12.3. The highest BCUT2D eigenvalue weighted by atomic mass is 16.6. The lowest BCUT2D eigenvalue weighted by atomic mass is 9.31. The zero-order valence-electron chi connectivity index (χ0n) is 18.5. The Morgan fingerprint density at radius 1 is 1.20 bits per heavy atom. The highest BCUT2D eigenvalue weighted by Gasteiger charge is 2.85. The van der Waals surface area contributed by atoms with E-state index in [9.17, 15) is 9.90 Å². The van der Waals surface area contributed by atoms with Gasteiger partial charge in [-0.3, -0.25) is 9.69 Å². The summed E-state index contributed by atoms with van der Waals surface area (Å²) in [5.74, 6) is 1.06. The first-order chi connectivity index (χ1) is 14.2. The monoisotopic (exact) mass is 418 g/mol. The average Bonchev–Trinajstić information content (AvgIpc) is 3.16. The summed E-state index contributed by atoms with van der Waals surface area (Å²) >= 11 is 0. The van der Waals surface area contributed by atoms with Crippen LogP contribution in [0.5, 0.6) is 0 Å². The number of hydrogen-bond donors (Lipinski definition) is 2. The summed E-state index contributed by atoms with van der Waals surface area (Å²) in [6.45, 7) is 7.83. The van der Waals surface area contributed by atoms with Gasteiger partial charge in [-0.05, 0) is 57.3 Å². The van der Waals surface area contributed by atoms with Crippen molar-refractivity contribution in [1.29, 1.82) is 0 Å². The number of fused-ring (bicyclic) bond motifs is 4. The first kappa shape index (κ1) is 18.8. The van der Waals surface area contributed by atoms with Crippen LogP contribution in [0.15, 0.2) is 0 Å². The van der Waals surface area contributed by atoms with E-state index in [2.05, 4.69) is 6.92 Å². The molecule has 9 rings (SSSR count). The van der Waals surface area contributed by atoms with Crippen LogP contribution in [0.1, 0.15) is 65.7 Å². The van der Waals surface area contributed by atoms with Gasteiger partial charge in [0.2, 0.25) is 6.23 Å². The fraction of sp³-hybridized carbons (Fsp3) is 0.958. The second-order valence-electron chi connectivity index (χ2n) is 12.3. The molecule has 6 nitrogen and oxygen atoms in total. The fourth-order valence-electron chi connectivity index (χ4n) is 10.7. The Bertz CT molecular complexity index is 815. The molecule has 4 heterocycles. The van der Waals surface area contributed by atoms with E-state index in [0.29, 0.717) is 17.8 Å². The molecule has 0 aromatic heterocycles. The third kappa shape index (κ3) is 1.84.